The van der Waals surface area contributed by atoms with Gasteiger partial charge in [-0.15, -0.1) is 11.3 Å². The molecule has 2 heterocycles. The number of carbonyl (C=O) groups is 1. The Balaban J connectivity index is 1.48. The molecule has 1 aliphatic heterocycles. The summed E-state index contributed by atoms with van der Waals surface area (Å²) in [6.45, 7) is 0.831. The quantitative estimate of drug-likeness (QED) is 0.583. The number of esters is 1. The lowest BCUT2D eigenvalue weighted by Crippen LogP contribution is -2.28. The van der Waals surface area contributed by atoms with Crippen molar-refractivity contribution in [2.24, 2.45) is 0 Å². The Labute approximate surface area is 178 Å². The fourth-order valence-electron chi connectivity index (χ4n) is 3.22. The summed E-state index contributed by atoms with van der Waals surface area (Å²) in [7, 11) is -3.70. The van der Waals surface area contributed by atoms with E-state index in [4.69, 9.17) is 4.74 Å². The van der Waals surface area contributed by atoms with Gasteiger partial charge in [0.15, 0.2) is 0 Å². The van der Waals surface area contributed by atoms with Crippen molar-refractivity contribution in [2.75, 3.05) is 13.1 Å². The van der Waals surface area contributed by atoms with E-state index in [0.717, 1.165) is 23.4 Å². The van der Waals surface area contributed by atoms with Gasteiger partial charge in [-0.2, -0.15) is 4.31 Å². The van der Waals surface area contributed by atoms with E-state index in [2.05, 4.69) is 4.98 Å². The van der Waals surface area contributed by atoms with Crippen LogP contribution in [-0.4, -0.2) is 41.9 Å². The van der Waals surface area contributed by atoms with E-state index in [0.29, 0.717) is 18.8 Å². The molecule has 156 valence electrons. The number of ether oxygens (including phenoxy) is 1. The number of hydrogen-bond acceptors (Lipinski definition) is 7. The molecule has 9 heteroatoms. The first-order chi connectivity index (χ1) is 14.4. The van der Waals surface area contributed by atoms with Gasteiger partial charge in [0.2, 0.25) is 10.0 Å². The molecule has 0 radical (unpaired) electrons. The SMILES string of the molecule is O=C(OCc1csc(-c2ccccc2)n1)c1cc(S(=O)(=O)N2CCCC2)ccc1O. The number of thiazole rings is 1. The summed E-state index contributed by atoms with van der Waals surface area (Å²) in [4.78, 5) is 16.9. The molecule has 1 aromatic heterocycles. The van der Waals surface area contributed by atoms with Crippen molar-refractivity contribution < 1.29 is 23.1 Å². The Bertz CT molecular complexity index is 1150. The van der Waals surface area contributed by atoms with E-state index in [-0.39, 0.29) is 22.8 Å². The zero-order valence-corrected chi connectivity index (χ0v) is 17.7. The monoisotopic (exact) mass is 444 g/mol. The van der Waals surface area contributed by atoms with Gasteiger partial charge in [0.05, 0.1) is 10.6 Å². The lowest BCUT2D eigenvalue weighted by molar-refractivity contribution is 0.0465. The van der Waals surface area contributed by atoms with Crippen molar-refractivity contribution in [1.82, 2.24) is 9.29 Å². The van der Waals surface area contributed by atoms with Crippen molar-refractivity contribution in [3.05, 3.63) is 65.2 Å². The second-order valence-electron chi connectivity index (χ2n) is 6.88. The topological polar surface area (TPSA) is 96.8 Å². The highest BCUT2D eigenvalue weighted by molar-refractivity contribution is 7.89. The fourth-order valence-corrected chi connectivity index (χ4v) is 5.57. The molecule has 3 aromatic rings. The maximum atomic E-state index is 12.7. The molecule has 1 saturated heterocycles. The van der Waals surface area contributed by atoms with Gasteiger partial charge in [0.1, 0.15) is 22.9 Å². The maximum absolute atomic E-state index is 12.7. The molecule has 0 aliphatic carbocycles. The average molecular weight is 445 g/mol. The summed E-state index contributed by atoms with van der Waals surface area (Å²) < 4.78 is 32.1. The first kappa shape index (κ1) is 20.5. The lowest BCUT2D eigenvalue weighted by Gasteiger charge is -2.16. The molecular weight excluding hydrogens is 424 g/mol. The second kappa shape index (κ2) is 8.55. The van der Waals surface area contributed by atoms with Crippen LogP contribution >= 0.6 is 11.3 Å². The van der Waals surface area contributed by atoms with Gasteiger partial charge in [-0.05, 0) is 31.0 Å². The molecule has 4 rings (SSSR count). The van der Waals surface area contributed by atoms with Crippen molar-refractivity contribution in [3.8, 4) is 16.3 Å². The van der Waals surface area contributed by atoms with Gasteiger partial charge in [-0.25, -0.2) is 18.2 Å². The molecule has 0 unspecified atom stereocenters. The minimum Gasteiger partial charge on any atom is -0.507 e. The third kappa shape index (κ3) is 4.23. The third-order valence-electron chi connectivity index (χ3n) is 4.81. The van der Waals surface area contributed by atoms with Crippen molar-refractivity contribution >= 4 is 27.3 Å². The number of carbonyl (C=O) groups excluding carboxylic acids is 1. The number of aromatic nitrogens is 1. The molecule has 1 fully saturated rings. The standard InChI is InChI=1S/C21H20N2O5S2/c24-19-9-8-17(30(26,27)23-10-4-5-11-23)12-18(19)21(25)28-13-16-14-29-20(22-16)15-6-2-1-3-7-15/h1-3,6-9,12,14,24H,4-5,10-11,13H2. The van der Waals surface area contributed by atoms with E-state index in [1.54, 1.807) is 5.38 Å². The second-order valence-corrected chi connectivity index (χ2v) is 9.67. The van der Waals surface area contributed by atoms with Crippen LogP contribution in [0, 0.1) is 0 Å². The van der Waals surface area contributed by atoms with E-state index >= 15 is 0 Å². The molecule has 1 N–H and O–H groups in total. The number of hydrogen-bond donors (Lipinski definition) is 1. The minimum atomic E-state index is -3.70. The van der Waals surface area contributed by atoms with Crippen molar-refractivity contribution in [2.45, 2.75) is 24.3 Å². The number of phenolic OH excluding ortho intramolecular Hbond substituents is 1. The van der Waals surface area contributed by atoms with E-state index in [9.17, 15) is 18.3 Å². The molecule has 2 aromatic carbocycles. The van der Waals surface area contributed by atoms with Crippen molar-refractivity contribution in [1.29, 1.82) is 0 Å². The van der Waals surface area contributed by atoms with Crippen LogP contribution in [-0.2, 0) is 21.4 Å². The number of benzene rings is 2. The van der Waals surface area contributed by atoms with Gasteiger partial charge in [-0.3, -0.25) is 0 Å². The van der Waals surface area contributed by atoms with Crippen LogP contribution in [0.3, 0.4) is 0 Å². The normalized spacial score (nSPS) is 14.7. The van der Waals surface area contributed by atoms with E-state index in [1.807, 2.05) is 30.3 Å². The zero-order chi connectivity index (χ0) is 21.1. The Morgan fingerprint density at radius 1 is 1.13 bits per heavy atom. The van der Waals surface area contributed by atoms with Crippen LogP contribution in [0.1, 0.15) is 28.9 Å². The zero-order valence-electron chi connectivity index (χ0n) is 16.0. The number of nitrogens with zero attached hydrogens (tertiary/aromatic N) is 2. The molecule has 1 aliphatic rings. The highest BCUT2D eigenvalue weighted by Gasteiger charge is 2.28. The largest absolute Gasteiger partial charge is 0.507 e. The minimum absolute atomic E-state index is 0.0332. The Morgan fingerprint density at radius 3 is 2.60 bits per heavy atom. The number of rotatable bonds is 6. The summed E-state index contributed by atoms with van der Waals surface area (Å²) in [6.07, 6.45) is 1.62. The van der Waals surface area contributed by atoms with Gasteiger partial charge >= 0.3 is 5.97 Å². The average Bonchev–Trinajstić information content (AvgIpc) is 3.45. The molecule has 30 heavy (non-hydrogen) atoms. The summed E-state index contributed by atoms with van der Waals surface area (Å²) >= 11 is 1.44. The molecule has 0 spiro atoms. The van der Waals surface area contributed by atoms with Gasteiger partial charge in [0, 0.05) is 24.0 Å². The molecule has 7 nitrogen and oxygen atoms in total. The number of sulfonamides is 1. The van der Waals surface area contributed by atoms with Gasteiger partial charge in [0.25, 0.3) is 0 Å². The van der Waals surface area contributed by atoms with Gasteiger partial charge < -0.3 is 9.84 Å². The molecule has 0 amide bonds. The molecule has 0 bridgehead atoms. The summed E-state index contributed by atoms with van der Waals surface area (Å²) in [5, 5.41) is 12.7. The van der Waals surface area contributed by atoms with Crippen LogP contribution in [0.4, 0.5) is 0 Å². The van der Waals surface area contributed by atoms with Gasteiger partial charge in [-0.1, -0.05) is 30.3 Å². The third-order valence-corrected chi connectivity index (χ3v) is 7.65. The predicted octanol–water partition coefficient (Wildman–Crippen LogP) is 3.66. The van der Waals surface area contributed by atoms with E-state index < -0.39 is 16.0 Å². The molecular formula is C21H20N2O5S2. The van der Waals surface area contributed by atoms with Crippen LogP contribution in [0.5, 0.6) is 5.75 Å². The van der Waals surface area contributed by atoms with Crippen LogP contribution in [0.25, 0.3) is 10.6 Å². The summed E-state index contributed by atoms with van der Waals surface area (Å²) in [6, 6.07) is 13.3. The maximum Gasteiger partial charge on any atom is 0.342 e. The highest BCUT2D eigenvalue weighted by Crippen LogP contribution is 2.27. The number of aromatic hydroxyl groups is 1. The summed E-state index contributed by atoms with van der Waals surface area (Å²) in [5.74, 6) is -1.14. The lowest BCUT2D eigenvalue weighted by atomic mass is 10.2. The summed E-state index contributed by atoms with van der Waals surface area (Å²) in [5.41, 5.74) is 1.36. The fraction of sp³-hybridized carbons (Fsp3) is 0.238. The Hall–Kier alpha value is -2.75. The van der Waals surface area contributed by atoms with Crippen LogP contribution in [0.15, 0.2) is 58.8 Å². The van der Waals surface area contributed by atoms with E-state index in [1.165, 1.54) is 33.8 Å². The molecule has 0 saturated carbocycles. The first-order valence-electron chi connectivity index (χ1n) is 9.45. The van der Waals surface area contributed by atoms with Crippen LogP contribution in [0.2, 0.25) is 0 Å². The number of phenols is 1. The highest BCUT2D eigenvalue weighted by atomic mass is 32.2. The predicted molar refractivity (Wildman–Crippen MR) is 113 cm³/mol. The smallest absolute Gasteiger partial charge is 0.342 e. The first-order valence-corrected chi connectivity index (χ1v) is 11.8. The Morgan fingerprint density at radius 2 is 1.87 bits per heavy atom. The van der Waals surface area contributed by atoms with Crippen molar-refractivity contribution in [3.63, 3.8) is 0 Å². The Kier molecular flexibility index (Phi) is 5.85. The van der Waals surface area contributed by atoms with Crippen LogP contribution < -0.4 is 0 Å². The molecule has 0 atom stereocenters.